The van der Waals surface area contributed by atoms with Crippen LogP contribution >= 0.6 is 22.6 Å². The Bertz CT molecular complexity index is 666. The van der Waals surface area contributed by atoms with Crippen molar-refractivity contribution in [1.82, 2.24) is 5.32 Å². The van der Waals surface area contributed by atoms with Crippen LogP contribution in [0.4, 0.5) is 5.69 Å². The highest BCUT2D eigenvalue weighted by Crippen LogP contribution is 2.32. The van der Waals surface area contributed by atoms with Gasteiger partial charge in [0.1, 0.15) is 11.6 Å². The molecule has 0 saturated heterocycles. The van der Waals surface area contributed by atoms with Gasteiger partial charge in [0.2, 0.25) is 5.75 Å². The number of hydrogen-bond donors (Lipinski definition) is 2. The molecule has 0 aliphatic rings. The molecule has 0 spiro atoms. The van der Waals surface area contributed by atoms with E-state index in [-0.39, 0.29) is 21.3 Å². The molecule has 1 aromatic rings. The highest BCUT2D eigenvalue weighted by atomic mass is 127. The summed E-state index contributed by atoms with van der Waals surface area (Å²) in [5.74, 6) is -1.06. The molecule has 8 nitrogen and oxygen atoms in total. The van der Waals surface area contributed by atoms with Gasteiger partial charge in [0.25, 0.3) is 5.91 Å². The van der Waals surface area contributed by atoms with E-state index in [2.05, 4.69) is 5.32 Å². The number of aromatic hydroxyl groups is 1. The minimum Gasteiger partial charge on any atom is -0.501 e. The Morgan fingerprint density at radius 3 is 2.86 bits per heavy atom. The van der Waals surface area contributed by atoms with Gasteiger partial charge in [0.05, 0.1) is 15.1 Å². The van der Waals surface area contributed by atoms with Crippen LogP contribution < -0.4 is 5.32 Å². The van der Waals surface area contributed by atoms with Crippen molar-refractivity contribution < 1.29 is 19.6 Å². The predicted molar refractivity (Wildman–Crippen MR) is 86.0 cm³/mol. The van der Waals surface area contributed by atoms with Crippen molar-refractivity contribution >= 4 is 40.3 Å². The fourth-order valence-electron chi connectivity index (χ4n) is 1.50. The van der Waals surface area contributed by atoms with E-state index >= 15 is 0 Å². The van der Waals surface area contributed by atoms with Gasteiger partial charge in [-0.1, -0.05) is 0 Å². The van der Waals surface area contributed by atoms with E-state index in [4.69, 9.17) is 10.00 Å². The summed E-state index contributed by atoms with van der Waals surface area (Å²) in [6, 6.07) is 4.26. The number of phenolic OH excluding ortho intramolecular Hbond substituents is 1. The molecule has 0 heterocycles. The fraction of sp³-hybridized carbons (Fsp3) is 0.231. The first-order chi connectivity index (χ1) is 10.4. The van der Waals surface area contributed by atoms with Gasteiger partial charge in [-0.15, -0.1) is 0 Å². The van der Waals surface area contributed by atoms with Crippen LogP contribution in [0.3, 0.4) is 0 Å². The number of methoxy groups -OCH3 is 1. The third kappa shape index (κ3) is 4.68. The number of phenols is 1. The molecule has 0 fully saturated rings. The minimum atomic E-state index is -0.737. The van der Waals surface area contributed by atoms with Gasteiger partial charge in [-0.2, -0.15) is 5.26 Å². The average molecular weight is 417 g/mol. The molecule has 1 rings (SSSR count). The summed E-state index contributed by atoms with van der Waals surface area (Å²) in [5.41, 5.74) is -0.422. The summed E-state index contributed by atoms with van der Waals surface area (Å²) in [7, 11) is 1.48. The van der Waals surface area contributed by atoms with Crippen LogP contribution in [0.2, 0.25) is 0 Å². The van der Waals surface area contributed by atoms with Gasteiger partial charge in [-0.3, -0.25) is 14.9 Å². The molecular weight excluding hydrogens is 405 g/mol. The zero-order chi connectivity index (χ0) is 16.7. The lowest BCUT2D eigenvalue weighted by atomic mass is 10.1. The second kappa shape index (κ2) is 8.30. The second-order valence-electron chi connectivity index (χ2n) is 4.05. The molecule has 2 N–H and O–H groups in total. The highest BCUT2D eigenvalue weighted by molar-refractivity contribution is 14.1. The maximum absolute atomic E-state index is 11.8. The van der Waals surface area contributed by atoms with Gasteiger partial charge in [0.15, 0.2) is 0 Å². The van der Waals surface area contributed by atoms with Crippen LogP contribution in [0.15, 0.2) is 17.7 Å². The van der Waals surface area contributed by atoms with E-state index in [1.165, 1.54) is 19.3 Å². The first-order valence-electron chi connectivity index (χ1n) is 5.96. The van der Waals surface area contributed by atoms with Crippen LogP contribution in [0.1, 0.15) is 5.56 Å². The SMILES string of the molecule is COCCNC(=O)/C(C#N)=C/c1cc(I)c(O)c([N+](=O)[O-])c1. The maximum atomic E-state index is 11.8. The number of nitro groups is 1. The third-order valence-corrected chi connectivity index (χ3v) is 3.35. The number of hydrogen-bond acceptors (Lipinski definition) is 6. The van der Waals surface area contributed by atoms with E-state index in [1.54, 1.807) is 28.7 Å². The standard InChI is InChI=1S/C13H12IN3O5/c1-22-3-2-16-13(19)9(7-15)4-8-5-10(14)12(18)11(6-8)17(20)21/h4-6,18H,2-3H2,1H3,(H,16,19)/b9-4+. The quantitative estimate of drug-likeness (QED) is 0.181. The summed E-state index contributed by atoms with van der Waals surface area (Å²) < 4.78 is 5.02. The van der Waals surface area contributed by atoms with E-state index in [9.17, 15) is 20.0 Å². The lowest BCUT2D eigenvalue weighted by molar-refractivity contribution is -0.386. The van der Waals surface area contributed by atoms with Crippen LogP contribution in [0.5, 0.6) is 5.75 Å². The molecule has 0 bridgehead atoms. The highest BCUT2D eigenvalue weighted by Gasteiger charge is 2.18. The number of carbonyl (C=O) groups excluding carboxylic acids is 1. The fourth-order valence-corrected chi connectivity index (χ4v) is 2.14. The molecule has 1 amide bonds. The van der Waals surface area contributed by atoms with Crippen LogP contribution in [-0.4, -0.2) is 36.2 Å². The lowest BCUT2D eigenvalue weighted by Gasteiger charge is -2.04. The summed E-state index contributed by atoms with van der Waals surface area (Å²) in [6.45, 7) is 0.536. The number of nitriles is 1. The number of benzene rings is 1. The maximum Gasteiger partial charge on any atom is 0.312 e. The van der Waals surface area contributed by atoms with Crippen LogP contribution in [0.25, 0.3) is 6.08 Å². The van der Waals surface area contributed by atoms with Crippen molar-refractivity contribution in [2.24, 2.45) is 0 Å². The molecule has 0 aliphatic carbocycles. The summed E-state index contributed by atoms with van der Waals surface area (Å²) >= 11 is 1.73. The van der Waals surface area contributed by atoms with Gasteiger partial charge in [0, 0.05) is 19.7 Å². The second-order valence-corrected chi connectivity index (χ2v) is 5.21. The molecule has 0 atom stereocenters. The summed E-state index contributed by atoms with van der Waals surface area (Å²) in [5, 5.41) is 32.0. The predicted octanol–water partition coefficient (Wildman–Crippen LogP) is 1.57. The Hall–Kier alpha value is -2.19. The van der Waals surface area contributed by atoms with E-state index in [1.807, 2.05) is 0 Å². The van der Waals surface area contributed by atoms with E-state index in [0.717, 1.165) is 6.07 Å². The Morgan fingerprint density at radius 1 is 1.64 bits per heavy atom. The first-order valence-corrected chi connectivity index (χ1v) is 7.04. The number of nitro benzene ring substituents is 1. The molecule has 9 heteroatoms. The topological polar surface area (TPSA) is 125 Å². The number of halogens is 1. The summed E-state index contributed by atoms with van der Waals surface area (Å²) in [4.78, 5) is 21.9. The zero-order valence-electron chi connectivity index (χ0n) is 11.5. The number of nitrogens with one attached hydrogen (secondary N) is 1. The molecule has 22 heavy (non-hydrogen) atoms. The third-order valence-electron chi connectivity index (χ3n) is 2.53. The van der Waals surface area contributed by atoms with Gasteiger partial charge in [-0.25, -0.2) is 0 Å². The van der Waals surface area contributed by atoms with Gasteiger partial charge < -0.3 is 15.2 Å². The molecule has 0 aliphatic heterocycles. The number of ether oxygens (including phenoxy) is 1. The van der Waals surface area contributed by atoms with Crippen LogP contribution in [-0.2, 0) is 9.53 Å². The Morgan fingerprint density at radius 2 is 2.32 bits per heavy atom. The monoisotopic (exact) mass is 417 g/mol. The van der Waals surface area contributed by atoms with E-state index in [0.29, 0.717) is 6.61 Å². The van der Waals surface area contributed by atoms with Crippen molar-refractivity contribution in [2.45, 2.75) is 0 Å². The zero-order valence-corrected chi connectivity index (χ0v) is 13.7. The smallest absolute Gasteiger partial charge is 0.312 e. The van der Waals surface area contributed by atoms with E-state index < -0.39 is 22.3 Å². The number of carbonyl (C=O) groups is 1. The number of rotatable bonds is 6. The van der Waals surface area contributed by atoms with Gasteiger partial charge in [-0.05, 0) is 40.3 Å². The minimum absolute atomic E-state index is 0.202. The Labute approximate surface area is 139 Å². The average Bonchev–Trinajstić information content (AvgIpc) is 2.47. The van der Waals surface area contributed by atoms with Crippen molar-refractivity contribution in [2.75, 3.05) is 20.3 Å². The first kappa shape index (κ1) is 17.9. The lowest BCUT2D eigenvalue weighted by Crippen LogP contribution is -2.27. The molecule has 116 valence electrons. The van der Waals surface area contributed by atoms with Crippen molar-refractivity contribution in [1.29, 1.82) is 5.26 Å². The summed E-state index contributed by atoms with van der Waals surface area (Å²) in [6.07, 6.45) is 1.22. The molecule has 0 radical (unpaired) electrons. The Balaban J connectivity index is 3.11. The number of nitrogens with zero attached hydrogens (tertiary/aromatic N) is 2. The molecule has 0 aromatic heterocycles. The van der Waals surface area contributed by atoms with Crippen molar-refractivity contribution in [3.63, 3.8) is 0 Å². The molecular formula is C13H12IN3O5. The largest absolute Gasteiger partial charge is 0.501 e. The van der Waals surface area contributed by atoms with Gasteiger partial charge >= 0.3 is 5.69 Å². The normalized spacial score (nSPS) is 10.9. The van der Waals surface area contributed by atoms with Crippen molar-refractivity contribution in [3.05, 3.63) is 37.0 Å². The Kier molecular flexibility index (Phi) is 6.74. The molecule has 0 saturated carbocycles. The number of amides is 1. The molecule has 0 unspecified atom stereocenters. The van der Waals surface area contributed by atoms with Crippen molar-refractivity contribution in [3.8, 4) is 11.8 Å². The van der Waals surface area contributed by atoms with Crippen LogP contribution in [0, 0.1) is 25.0 Å². The molecule has 1 aromatic carbocycles.